The van der Waals surface area contributed by atoms with Crippen molar-refractivity contribution in [2.24, 2.45) is 0 Å². The molecule has 0 aromatic carbocycles. The van der Waals surface area contributed by atoms with Crippen LogP contribution >= 0.6 is 0 Å². The van der Waals surface area contributed by atoms with Gasteiger partial charge in [0, 0.05) is 11.8 Å². The Morgan fingerprint density at radius 3 is 1.78 bits per heavy atom. The Morgan fingerprint density at radius 2 is 1.22 bits per heavy atom. The first-order valence-corrected chi connectivity index (χ1v) is 10.2. The van der Waals surface area contributed by atoms with E-state index in [1.165, 1.54) is 96.3 Å². The molecule has 0 unspecified atom stereocenters. The highest BCUT2D eigenvalue weighted by Crippen LogP contribution is 2.30. The van der Waals surface area contributed by atoms with Crippen LogP contribution in [0.4, 0.5) is 0 Å². The summed E-state index contributed by atoms with van der Waals surface area (Å²) in [7, 11) is 0. The van der Waals surface area contributed by atoms with Crippen LogP contribution in [0.1, 0.15) is 114 Å². The fourth-order valence-corrected chi connectivity index (χ4v) is 4.60. The molecule has 0 spiro atoms. The summed E-state index contributed by atoms with van der Waals surface area (Å²) in [5.41, 5.74) is 1.37. The first-order chi connectivity index (χ1) is 11.4. The van der Waals surface area contributed by atoms with Gasteiger partial charge in [0.15, 0.2) is 0 Å². The zero-order valence-corrected chi connectivity index (χ0v) is 14.7. The number of nitrogens with one attached hydrogen (secondary N) is 1. The van der Waals surface area contributed by atoms with Crippen LogP contribution in [0.2, 0.25) is 0 Å². The van der Waals surface area contributed by atoms with Gasteiger partial charge in [0.1, 0.15) is 0 Å². The van der Waals surface area contributed by atoms with E-state index in [0.717, 1.165) is 5.56 Å². The lowest BCUT2D eigenvalue weighted by Crippen LogP contribution is -2.26. The van der Waals surface area contributed by atoms with Crippen molar-refractivity contribution in [3.8, 4) is 0 Å². The van der Waals surface area contributed by atoms with Crippen molar-refractivity contribution >= 4 is 0 Å². The van der Waals surface area contributed by atoms with E-state index in [2.05, 4.69) is 5.10 Å². The van der Waals surface area contributed by atoms with Crippen LogP contribution in [0.25, 0.3) is 0 Å². The average molecular weight is 319 g/mol. The summed E-state index contributed by atoms with van der Waals surface area (Å²) in [4.78, 5) is 13.0. The molecule has 0 saturated heterocycles. The van der Waals surface area contributed by atoms with Gasteiger partial charge in [0.25, 0.3) is 5.56 Å². The maximum Gasteiger partial charge on any atom is 0.270 e. The molecule has 3 rings (SSSR count). The lowest BCUT2D eigenvalue weighted by molar-refractivity contribution is 0.340. The van der Waals surface area contributed by atoms with Gasteiger partial charge in [-0.3, -0.25) is 4.79 Å². The van der Waals surface area contributed by atoms with Crippen LogP contribution < -0.4 is 5.56 Å². The second-order valence-electron chi connectivity index (χ2n) is 7.80. The Labute approximate surface area is 140 Å². The molecule has 2 saturated carbocycles. The maximum atomic E-state index is 13.0. The second kappa shape index (κ2) is 8.75. The molecule has 1 N–H and O–H groups in total. The second-order valence-corrected chi connectivity index (χ2v) is 7.80. The smallest absolute Gasteiger partial charge is 0.270 e. The molecule has 0 radical (unpaired) electrons. The van der Waals surface area contributed by atoms with Gasteiger partial charge in [0.05, 0.1) is 6.04 Å². The first-order valence-electron chi connectivity index (χ1n) is 10.2. The number of aromatic amines is 1. The van der Waals surface area contributed by atoms with Gasteiger partial charge in [-0.25, -0.2) is 4.68 Å². The van der Waals surface area contributed by atoms with Crippen molar-refractivity contribution in [1.82, 2.24) is 9.78 Å². The highest BCUT2D eigenvalue weighted by Gasteiger charge is 2.22. The first kappa shape index (κ1) is 16.9. The van der Waals surface area contributed by atoms with Crippen LogP contribution in [0.3, 0.4) is 0 Å². The molecule has 2 fully saturated rings. The molecule has 0 bridgehead atoms. The summed E-state index contributed by atoms with van der Waals surface area (Å²) in [5.74, 6) is 0.492. The zero-order valence-electron chi connectivity index (χ0n) is 14.7. The van der Waals surface area contributed by atoms with Crippen molar-refractivity contribution in [2.75, 3.05) is 0 Å². The molecule has 3 heteroatoms. The fraction of sp³-hybridized carbons (Fsp3) is 0.850. The Bertz CT molecular complexity index is 498. The molecule has 0 amide bonds. The lowest BCUT2D eigenvalue weighted by Gasteiger charge is -2.20. The van der Waals surface area contributed by atoms with Gasteiger partial charge in [-0.2, -0.15) is 0 Å². The van der Waals surface area contributed by atoms with E-state index in [4.69, 9.17) is 0 Å². The molecular weight excluding hydrogens is 284 g/mol. The number of nitrogens with zero attached hydrogens (tertiary/aromatic N) is 1. The average Bonchev–Trinajstić information content (AvgIpc) is 2.94. The van der Waals surface area contributed by atoms with Crippen molar-refractivity contribution in [1.29, 1.82) is 0 Å². The summed E-state index contributed by atoms with van der Waals surface area (Å²) in [6, 6.07) is 0.410. The summed E-state index contributed by atoms with van der Waals surface area (Å²) in [6.45, 7) is 0. The van der Waals surface area contributed by atoms with Crippen LogP contribution in [0.5, 0.6) is 0 Å². The molecule has 1 aromatic rings. The van der Waals surface area contributed by atoms with E-state index >= 15 is 0 Å². The highest BCUT2D eigenvalue weighted by atomic mass is 16.1. The lowest BCUT2D eigenvalue weighted by atomic mass is 9.91. The number of rotatable bonds is 2. The quantitative estimate of drug-likeness (QED) is 0.748. The summed E-state index contributed by atoms with van der Waals surface area (Å²) in [5, 5.41) is 3.35. The van der Waals surface area contributed by atoms with E-state index in [1.807, 2.05) is 10.9 Å². The fourth-order valence-electron chi connectivity index (χ4n) is 4.60. The Hall–Kier alpha value is -0.990. The molecule has 23 heavy (non-hydrogen) atoms. The predicted octanol–water partition coefficient (Wildman–Crippen LogP) is 5.68. The topological polar surface area (TPSA) is 37.8 Å². The van der Waals surface area contributed by atoms with E-state index in [1.54, 1.807) is 0 Å². The number of hydrogen-bond donors (Lipinski definition) is 1. The van der Waals surface area contributed by atoms with Crippen LogP contribution in [0.15, 0.2) is 11.0 Å². The van der Waals surface area contributed by atoms with Crippen LogP contribution in [0, 0.1) is 0 Å². The third-order valence-electron chi connectivity index (χ3n) is 6.06. The minimum Gasteiger partial charge on any atom is -0.302 e. The minimum atomic E-state index is 0.292. The molecule has 2 aliphatic rings. The van der Waals surface area contributed by atoms with Crippen LogP contribution in [-0.2, 0) is 0 Å². The Morgan fingerprint density at radius 1 is 0.739 bits per heavy atom. The standard InChI is InChI=1S/C20H34N2O/c23-20-19(17-12-8-4-1-2-5-9-13-17)16-21-22(20)18-14-10-6-3-7-11-15-18/h16-18,21H,1-15H2. The highest BCUT2D eigenvalue weighted by molar-refractivity contribution is 5.12. The molecule has 0 aliphatic heterocycles. The largest absolute Gasteiger partial charge is 0.302 e. The van der Waals surface area contributed by atoms with Gasteiger partial charge in [-0.15, -0.1) is 0 Å². The maximum absolute atomic E-state index is 13.0. The van der Waals surface area contributed by atoms with Crippen molar-refractivity contribution < 1.29 is 0 Å². The van der Waals surface area contributed by atoms with E-state index < -0.39 is 0 Å². The monoisotopic (exact) mass is 318 g/mol. The van der Waals surface area contributed by atoms with E-state index in [0.29, 0.717) is 17.5 Å². The summed E-state index contributed by atoms with van der Waals surface area (Å²) < 4.78 is 1.98. The van der Waals surface area contributed by atoms with Gasteiger partial charge in [0.2, 0.25) is 0 Å². The van der Waals surface area contributed by atoms with Crippen molar-refractivity contribution in [3.63, 3.8) is 0 Å². The van der Waals surface area contributed by atoms with Crippen molar-refractivity contribution in [2.45, 2.75) is 108 Å². The molecule has 2 aliphatic carbocycles. The molecule has 1 aromatic heterocycles. The molecule has 3 nitrogen and oxygen atoms in total. The Balaban J connectivity index is 1.72. The summed E-state index contributed by atoms with van der Waals surface area (Å²) in [6.07, 6.45) is 21.4. The third kappa shape index (κ3) is 4.51. The zero-order chi connectivity index (χ0) is 15.9. The van der Waals surface area contributed by atoms with Gasteiger partial charge in [-0.1, -0.05) is 70.6 Å². The molecular formula is C20H34N2O. The summed E-state index contributed by atoms with van der Waals surface area (Å²) >= 11 is 0. The minimum absolute atomic E-state index is 0.292. The van der Waals surface area contributed by atoms with Crippen LogP contribution in [-0.4, -0.2) is 9.78 Å². The number of H-pyrrole nitrogens is 1. The van der Waals surface area contributed by atoms with E-state index in [9.17, 15) is 4.79 Å². The number of hydrogen-bond acceptors (Lipinski definition) is 1. The molecule has 130 valence electrons. The van der Waals surface area contributed by atoms with Crippen molar-refractivity contribution in [3.05, 3.63) is 22.1 Å². The van der Waals surface area contributed by atoms with Gasteiger partial charge >= 0.3 is 0 Å². The Kier molecular flexibility index (Phi) is 6.41. The van der Waals surface area contributed by atoms with E-state index in [-0.39, 0.29) is 0 Å². The molecule has 1 heterocycles. The predicted molar refractivity (Wildman–Crippen MR) is 96.1 cm³/mol. The number of aromatic nitrogens is 2. The molecule has 0 atom stereocenters. The SMILES string of the molecule is O=c1c(C2CCCCCCCC2)c[nH]n1C1CCCCCCC1. The van der Waals surface area contributed by atoms with Gasteiger partial charge in [-0.05, 0) is 31.6 Å². The third-order valence-corrected chi connectivity index (χ3v) is 6.06. The normalized spacial score (nSPS) is 23.5. The van der Waals surface area contributed by atoms with Gasteiger partial charge < -0.3 is 5.10 Å².